The summed E-state index contributed by atoms with van der Waals surface area (Å²) in [7, 11) is 3.44. The van der Waals surface area contributed by atoms with E-state index in [1.165, 1.54) is 11.3 Å². The number of imidazole rings is 1. The third-order valence-corrected chi connectivity index (χ3v) is 5.54. The van der Waals surface area contributed by atoms with E-state index in [2.05, 4.69) is 9.97 Å². The van der Waals surface area contributed by atoms with E-state index < -0.39 is 0 Å². The first-order valence-corrected chi connectivity index (χ1v) is 9.32. The van der Waals surface area contributed by atoms with Gasteiger partial charge in [-0.2, -0.15) is 0 Å². The average molecular weight is 372 g/mol. The SMILES string of the molecule is COc1ccc2sc(N(CC3CCCO3)C(=O)c3nccn3C)nc2c1. The highest BCUT2D eigenvalue weighted by atomic mass is 32.1. The molecular weight excluding hydrogens is 352 g/mol. The molecule has 1 saturated heterocycles. The Hall–Kier alpha value is -2.45. The van der Waals surface area contributed by atoms with Crippen LogP contribution < -0.4 is 9.64 Å². The Morgan fingerprint density at radius 1 is 1.50 bits per heavy atom. The van der Waals surface area contributed by atoms with E-state index >= 15 is 0 Å². The molecule has 0 radical (unpaired) electrons. The van der Waals surface area contributed by atoms with Gasteiger partial charge < -0.3 is 14.0 Å². The highest BCUT2D eigenvalue weighted by molar-refractivity contribution is 7.22. The lowest BCUT2D eigenvalue weighted by atomic mass is 10.2. The molecule has 136 valence electrons. The van der Waals surface area contributed by atoms with Crippen LogP contribution in [0.5, 0.6) is 5.75 Å². The van der Waals surface area contributed by atoms with Crippen molar-refractivity contribution >= 4 is 32.6 Å². The van der Waals surface area contributed by atoms with Crippen molar-refractivity contribution in [2.45, 2.75) is 18.9 Å². The summed E-state index contributed by atoms with van der Waals surface area (Å²) in [6.45, 7) is 1.22. The van der Waals surface area contributed by atoms with Crippen LogP contribution in [0.3, 0.4) is 0 Å². The maximum Gasteiger partial charge on any atom is 0.296 e. The number of methoxy groups -OCH3 is 1. The number of carbonyl (C=O) groups excluding carboxylic acids is 1. The van der Waals surface area contributed by atoms with Gasteiger partial charge in [0.05, 0.1) is 30.0 Å². The number of fused-ring (bicyclic) bond motifs is 1. The summed E-state index contributed by atoms with van der Waals surface area (Å²) in [5.41, 5.74) is 0.814. The fraction of sp³-hybridized carbons (Fsp3) is 0.389. The molecule has 1 fully saturated rings. The fourth-order valence-corrected chi connectivity index (χ4v) is 4.02. The number of hydrogen-bond acceptors (Lipinski definition) is 6. The number of carbonyl (C=O) groups is 1. The minimum absolute atomic E-state index is 0.0285. The third-order valence-electron chi connectivity index (χ3n) is 4.48. The zero-order valence-electron chi connectivity index (χ0n) is 14.7. The average Bonchev–Trinajstić information content (AvgIpc) is 3.38. The summed E-state index contributed by atoms with van der Waals surface area (Å²) < 4.78 is 13.8. The summed E-state index contributed by atoms with van der Waals surface area (Å²) in [5, 5.41) is 0.650. The lowest BCUT2D eigenvalue weighted by Gasteiger charge is -2.22. The van der Waals surface area contributed by atoms with Crippen molar-refractivity contribution in [3.8, 4) is 5.75 Å². The van der Waals surface area contributed by atoms with Crippen LogP contribution >= 0.6 is 11.3 Å². The number of ether oxygens (including phenoxy) is 2. The van der Waals surface area contributed by atoms with Crippen LogP contribution in [0, 0.1) is 0 Å². The van der Waals surface area contributed by atoms with E-state index in [9.17, 15) is 4.79 Å². The molecule has 1 atom stereocenters. The lowest BCUT2D eigenvalue weighted by molar-refractivity contribution is 0.0906. The summed E-state index contributed by atoms with van der Waals surface area (Å²) in [6.07, 6.45) is 5.39. The molecule has 7 nitrogen and oxygen atoms in total. The van der Waals surface area contributed by atoms with E-state index in [1.54, 1.807) is 29.0 Å². The summed E-state index contributed by atoms with van der Waals surface area (Å²) in [4.78, 5) is 23.7. The number of thiazole rings is 1. The first-order chi connectivity index (χ1) is 12.7. The maximum absolute atomic E-state index is 13.1. The molecule has 0 bridgehead atoms. The van der Waals surface area contributed by atoms with Crippen molar-refractivity contribution in [2.75, 3.05) is 25.2 Å². The molecule has 2 aromatic heterocycles. The number of benzene rings is 1. The first-order valence-electron chi connectivity index (χ1n) is 8.51. The van der Waals surface area contributed by atoms with Gasteiger partial charge >= 0.3 is 0 Å². The van der Waals surface area contributed by atoms with Crippen LogP contribution in [-0.4, -0.2) is 46.8 Å². The van der Waals surface area contributed by atoms with Crippen molar-refractivity contribution in [2.24, 2.45) is 7.05 Å². The summed E-state index contributed by atoms with van der Waals surface area (Å²) in [5.74, 6) is 0.967. The molecule has 1 aliphatic rings. The number of aromatic nitrogens is 3. The minimum atomic E-state index is -0.168. The van der Waals surface area contributed by atoms with Crippen LogP contribution in [0.25, 0.3) is 10.2 Å². The van der Waals surface area contributed by atoms with Gasteiger partial charge in [0.15, 0.2) is 11.0 Å². The lowest BCUT2D eigenvalue weighted by Crippen LogP contribution is -2.38. The molecule has 4 rings (SSSR count). The van der Waals surface area contributed by atoms with Crippen LogP contribution in [-0.2, 0) is 11.8 Å². The number of hydrogen-bond donors (Lipinski definition) is 0. The van der Waals surface area contributed by atoms with Gasteiger partial charge in [-0.05, 0) is 25.0 Å². The van der Waals surface area contributed by atoms with Gasteiger partial charge in [0.25, 0.3) is 5.91 Å². The Morgan fingerprint density at radius 2 is 2.38 bits per heavy atom. The molecule has 0 saturated carbocycles. The number of aryl methyl sites for hydroxylation is 1. The second-order valence-corrected chi connectivity index (χ2v) is 7.25. The smallest absolute Gasteiger partial charge is 0.296 e. The Kier molecular flexibility index (Phi) is 4.60. The Labute approximate surface area is 155 Å². The van der Waals surface area contributed by atoms with Crippen molar-refractivity contribution < 1.29 is 14.3 Å². The second kappa shape index (κ2) is 7.05. The van der Waals surface area contributed by atoms with Gasteiger partial charge in [-0.3, -0.25) is 9.69 Å². The minimum Gasteiger partial charge on any atom is -0.497 e. The Bertz CT molecular complexity index is 930. The Balaban J connectivity index is 1.71. The zero-order chi connectivity index (χ0) is 18.1. The predicted octanol–water partition coefficient (Wildman–Crippen LogP) is 2.86. The largest absolute Gasteiger partial charge is 0.497 e. The first kappa shape index (κ1) is 17.0. The fourth-order valence-electron chi connectivity index (χ4n) is 3.07. The molecule has 0 spiro atoms. The summed E-state index contributed by atoms with van der Waals surface area (Å²) in [6, 6.07) is 5.74. The molecule has 0 aliphatic carbocycles. The van der Waals surface area contributed by atoms with Gasteiger partial charge in [0.1, 0.15) is 5.75 Å². The summed E-state index contributed by atoms with van der Waals surface area (Å²) >= 11 is 1.49. The quantitative estimate of drug-likeness (QED) is 0.689. The van der Waals surface area contributed by atoms with Gasteiger partial charge in [0.2, 0.25) is 0 Å². The molecule has 1 amide bonds. The van der Waals surface area contributed by atoms with Crippen molar-refractivity contribution in [1.29, 1.82) is 0 Å². The van der Waals surface area contributed by atoms with E-state index in [0.717, 1.165) is 35.4 Å². The Morgan fingerprint density at radius 3 is 3.08 bits per heavy atom. The van der Waals surface area contributed by atoms with Crippen molar-refractivity contribution in [3.63, 3.8) is 0 Å². The molecule has 26 heavy (non-hydrogen) atoms. The van der Waals surface area contributed by atoms with E-state index in [1.807, 2.05) is 25.2 Å². The van der Waals surface area contributed by atoms with Crippen molar-refractivity contribution in [1.82, 2.24) is 14.5 Å². The standard InChI is InChI=1S/C18H20N4O3S/c1-21-8-7-19-16(21)17(23)22(11-13-4-3-9-25-13)18-20-14-10-12(24-2)5-6-15(14)26-18/h5-8,10,13H,3-4,9,11H2,1-2H3. The monoisotopic (exact) mass is 372 g/mol. The molecule has 3 heterocycles. The molecule has 1 unspecified atom stereocenters. The number of anilines is 1. The topological polar surface area (TPSA) is 69.5 Å². The number of amides is 1. The molecule has 8 heteroatoms. The van der Waals surface area contributed by atoms with E-state index in [-0.39, 0.29) is 12.0 Å². The van der Waals surface area contributed by atoms with Crippen molar-refractivity contribution in [3.05, 3.63) is 36.4 Å². The van der Waals surface area contributed by atoms with Gasteiger partial charge in [-0.1, -0.05) is 11.3 Å². The predicted molar refractivity (Wildman–Crippen MR) is 100 cm³/mol. The van der Waals surface area contributed by atoms with Crippen LogP contribution in [0.2, 0.25) is 0 Å². The van der Waals surface area contributed by atoms with Gasteiger partial charge in [-0.15, -0.1) is 0 Å². The normalized spacial score (nSPS) is 16.9. The van der Waals surface area contributed by atoms with Crippen LogP contribution in [0.15, 0.2) is 30.6 Å². The number of nitrogens with zero attached hydrogens (tertiary/aromatic N) is 4. The molecule has 3 aromatic rings. The molecule has 1 aliphatic heterocycles. The maximum atomic E-state index is 13.1. The molecule has 0 N–H and O–H groups in total. The van der Waals surface area contributed by atoms with Gasteiger partial charge in [0, 0.05) is 32.1 Å². The van der Waals surface area contributed by atoms with E-state index in [4.69, 9.17) is 9.47 Å². The van der Waals surface area contributed by atoms with Crippen LogP contribution in [0.4, 0.5) is 5.13 Å². The highest BCUT2D eigenvalue weighted by Gasteiger charge is 2.28. The third kappa shape index (κ3) is 3.17. The number of rotatable bonds is 5. The van der Waals surface area contributed by atoms with Gasteiger partial charge in [-0.25, -0.2) is 9.97 Å². The zero-order valence-corrected chi connectivity index (χ0v) is 15.5. The van der Waals surface area contributed by atoms with E-state index in [0.29, 0.717) is 17.5 Å². The highest BCUT2D eigenvalue weighted by Crippen LogP contribution is 2.32. The van der Waals surface area contributed by atoms with Crippen LogP contribution in [0.1, 0.15) is 23.5 Å². The molecular formula is C18H20N4O3S. The second-order valence-electron chi connectivity index (χ2n) is 6.24. The molecule has 1 aromatic carbocycles.